The highest BCUT2D eigenvalue weighted by Crippen LogP contribution is 2.53. The van der Waals surface area contributed by atoms with Gasteiger partial charge in [-0.25, -0.2) is 4.98 Å². The summed E-state index contributed by atoms with van der Waals surface area (Å²) < 4.78 is 0. The number of amides is 1. The summed E-state index contributed by atoms with van der Waals surface area (Å²) >= 11 is 7.79. The molecule has 1 aromatic carbocycles. The first-order valence-corrected chi connectivity index (χ1v) is 10.4. The molecule has 4 rings (SSSR count). The van der Waals surface area contributed by atoms with Crippen LogP contribution in [0.2, 0.25) is 5.02 Å². The molecule has 2 heterocycles. The molecule has 0 N–H and O–H groups in total. The minimum absolute atomic E-state index is 0.143. The van der Waals surface area contributed by atoms with Crippen molar-refractivity contribution < 1.29 is 4.79 Å². The third-order valence-electron chi connectivity index (χ3n) is 5.77. The third-order valence-corrected chi connectivity index (χ3v) is 7.28. The van der Waals surface area contributed by atoms with Crippen molar-refractivity contribution >= 4 is 28.8 Å². The topological polar surface area (TPSA) is 33.2 Å². The van der Waals surface area contributed by atoms with Crippen molar-refractivity contribution in [1.82, 2.24) is 9.88 Å². The molecule has 5 heteroatoms. The first-order chi connectivity index (χ1) is 12.2. The van der Waals surface area contributed by atoms with Crippen molar-refractivity contribution in [2.75, 3.05) is 6.54 Å². The molecule has 0 spiro atoms. The Kier molecular flexibility index (Phi) is 4.20. The van der Waals surface area contributed by atoms with Crippen LogP contribution in [0, 0.1) is 17.8 Å². The Bertz CT molecular complexity index is 875. The Labute approximate surface area is 164 Å². The summed E-state index contributed by atoms with van der Waals surface area (Å²) in [6.45, 7) is 9.79. The van der Waals surface area contributed by atoms with Gasteiger partial charge in [-0.15, -0.1) is 11.3 Å². The van der Waals surface area contributed by atoms with Gasteiger partial charge >= 0.3 is 0 Å². The Balaban J connectivity index is 1.65. The molecule has 2 unspecified atom stereocenters. The summed E-state index contributed by atoms with van der Waals surface area (Å²) in [5, 5.41) is 1.50. The third kappa shape index (κ3) is 3.07. The number of thiazole rings is 1. The van der Waals surface area contributed by atoms with Gasteiger partial charge in [-0.3, -0.25) is 4.79 Å². The van der Waals surface area contributed by atoms with Gasteiger partial charge in [0.05, 0.1) is 10.7 Å². The zero-order valence-electron chi connectivity index (χ0n) is 15.8. The van der Waals surface area contributed by atoms with Crippen molar-refractivity contribution in [3.8, 4) is 10.6 Å². The van der Waals surface area contributed by atoms with Gasteiger partial charge in [-0.2, -0.15) is 0 Å². The van der Waals surface area contributed by atoms with Gasteiger partial charge < -0.3 is 4.90 Å². The van der Waals surface area contributed by atoms with Gasteiger partial charge in [0.2, 0.25) is 0 Å². The number of rotatable bonds is 2. The summed E-state index contributed by atoms with van der Waals surface area (Å²) in [5.41, 5.74) is 2.25. The van der Waals surface area contributed by atoms with E-state index in [2.05, 4.69) is 30.7 Å². The van der Waals surface area contributed by atoms with Gasteiger partial charge in [-0.1, -0.05) is 50.6 Å². The van der Waals surface area contributed by atoms with Gasteiger partial charge in [0.15, 0.2) is 0 Å². The molecule has 3 nitrogen and oxygen atoms in total. The van der Waals surface area contributed by atoms with Crippen LogP contribution in [-0.2, 0) is 0 Å². The summed E-state index contributed by atoms with van der Waals surface area (Å²) in [6, 6.07) is 8.03. The second kappa shape index (κ2) is 6.07. The zero-order chi connectivity index (χ0) is 18.7. The highest BCUT2D eigenvalue weighted by molar-refractivity contribution is 7.17. The van der Waals surface area contributed by atoms with E-state index in [0.717, 1.165) is 40.5 Å². The largest absolute Gasteiger partial charge is 0.334 e. The Morgan fingerprint density at radius 1 is 1.27 bits per heavy atom. The first kappa shape index (κ1) is 18.0. The maximum absolute atomic E-state index is 13.4. The number of halogens is 1. The predicted octanol–water partition coefficient (Wildman–Crippen LogP) is 5.81. The lowest BCUT2D eigenvalue weighted by Gasteiger charge is -2.39. The summed E-state index contributed by atoms with van der Waals surface area (Å²) in [5.74, 6) is 0.143. The number of benzene rings is 1. The van der Waals surface area contributed by atoms with E-state index >= 15 is 0 Å². The van der Waals surface area contributed by atoms with E-state index < -0.39 is 0 Å². The fourth-order valence-electron chi connectivity index (χ4n) is 5.17. The number of hydrogen-bond donors (Lipinski definition) is 0. The number of aryl methyl sites for hydroxylation is 1. The maximum atomic E-state index is 13.4. The Morgan fingerprint density at radius 2 is 2.00 bits per heavy atom. The van der Waals surface area contributed by atoms with Crippen LogP contribution in [0.1, 0.15) is 55.4 Å². The van der Waals surface area contributed by atoms with E-state index in [4.69, 9.17) is 11.6 Å². The molecular formula is C21H25ClN2OS. The molecule has 1 aromatic heterocycles. The molecular weight excluding hydrogens is 364 g/mol. The number of hydrogen-bond acceptors (Lipinski definition) is 3. The predicted molar refractivity (Wildman–Crippen MR) is 108 cm³/mol. The molecule has 2 fully saturated rings. The summed E-state index contributed by atoms with van der Waals surface area (Å²) in [6.07, 6.45) is 3.40. The fourth-order valence-corrected chi connectivity index (χ4v) is 6.52. The molecule has 1 saturated carbocycles. The van der Waals surface area contributed by atoms with Gasteiger partial charge in [0.1, 0.15) is 9.88 Å². The molecule has 2 aromatic rings. The van der Waals surface area contributed by atoms with Crippen molar-refractivity contribution in [2.24, 2.45) is 10.8 Å². The lowest BCUT2D eigenvalue weighted by atomic mass is 9.65. The van der Waals surface area contributed by atoms with Crippen molar-refractivity contribution in [2.45, 2.75) is 53.0 Å². The van der Waals surface area contributed by atoms with E-state index in [9.17, 15) is 4.79 Å². The van der Waals surface area contributed by atoms with E-state index in [-0.39, 0.29) is 11.3 Å². The molecule has 138 valence electrons. The lowest BCUT2D eigenvalue weighted by Crippen LogP contribution is -2.37. The van der Waals surface area contributed by atoms with E-state index in [0.29, 0.717) is 16.5 Å². The maximum Gasteiger partial charge on any atom is 0.266 e. The van der Waals surface area contributed by atoms with Crippen LogP contribution in [-0.4, -0.2) is 28.4 Å². The van der Waals surface area contributed by atoms with E-state index in [1.54, 1.807) is 0 Å². The van der Waals surface area contributed by atoms with Crippen LogP contribution in [0.25, 0.3) is 10.6 Å². The molecule has 0 radical (unpaired) electrons. The standard InChI is InChI=1S/C21H25ClN2OS/c1-13-17(26-18(23-13)15-7-5-6-8-16(15)22)19(25)24-12-21(4)10-14(24)9-20(2,3)11-21/h5-8,14H,9-12H2,1-4H3. The second-order valence-corrected chi connectivity index (χ2v) is 10.5. The zero-order valence-corrected chi connectivity index (χ0v) is 17.4. The SMILES string of the molecule is Cc1nc(-c2ccccc2Cl)sc1C(=O)N1CC2(C)CC1CC(C)(C)C2. The fraction of sp³-hybridized carbons (Fsp3) is 0.524. The highest BCUT2D eigenvalue weighted by atomic mass is 35.5. The van der Waals surface area contributed by atoms with Gasteiger partial charge in [0, 0.05) is 18.2 Å². The number of carbonyl (C=O) groups is 1. The smallest absolute Gasteiger partial charge is 0.266 e. The first-order valence-electron chi connectivity index (χ1n) is 9.21. The van der Waals surface area contributed by atoms with Crippen LogP contribution in [0.3, 0.4) is 0 Å². The number of aromatic nitrogens is 1. The Morgan fingerprint density at radius 3 is 2.73 bits per heavy atom. The average Bonchev–Trinajstić information content (AvgIpc) is 3.03. The molecule has 1 aliphatic carbocycles. The van der Waals surface area contributed by atoms with Gasteiger partial charge in [0.25, 0.3) is 5.91 Å². The second-order valence-electron chi connectivity index (χ2n) is 9.06. The summed E-state index contributed by atoms with van der Waals surface area (Å²) in [4.78, 5) is 20.9. The minimum Gasteiger partial charge on any atom is -0.334 e. The quantitative estimate of drug-likeness (QED) is 0.650. The van der Waals surface area contributed by atoms with E-state index in [1.165, 1.54) is 17.8 Å². The molecule has 2 aliphatic rings. The van der Waals surface area contributed by atoms with Crippen LogP contribution >= 0.6 is 22.9 Å². The molecule has 1 aliphatic heterocycles. The lowest BCUT2D eigenvalue weighted by molar-refractivity contribution is 0.0712. The molecule has 2 bridgehead atoms. The van der Waals surface area contributed by atoms with Crippen molar-refractivity contribution in [3.63, 3.8) is 0 Å². The van der Waals surface area contributed by atoms with Crippen LogP contribution in [0.15, 0.2) is 24.3 Å². The molecule has 1 amide bonds. The average molecular weight is 389 g/mol. The van der Waals surface area contributed by atoms with Crippen LogP contribution in [0.4, 0.5) is 0 Å². The summed E-state index contributed by atoms with van der Waals surface area (Å²) in [7, 11) is 0. The highest BCUT2D eigenvalue weighted by Gasteiger charge is 2.51. The molecule has 2 atom stereocenters. The monoisotopic (exact) mass is 388 g/mol. The minimum atomic E-state index is 0.143. The number of carbonyl (C=O) groups excluding carboxylic acids is 1. The van der Waals surface area contributed by atoms with Crippen LogP contribution < -0.4 is 0 Å². The molecule has 1 saturated heterocycles. The van der Waals surface area contributed by atoms with Gasteiger partial charge in [-0.05, 0) is 43.1 Å². The Hall–Kier alpha value is -1.39. The number of nitrogens with zero attached hydrogens (tertiary/aromatic N) is 2. The van der Waals surface area contributed by atoms with Crippen molar-refractivity contribution in [3.05, 3.63) is 39.9 Å². The molecule has 26 heavy (non-hydrogen) atoms. The number of fused-ring (bicyclic) bond motifs is 2. The number of likely N-dealkylation sites (tertiary alicyclic amines) is 1. The van der Waals surface area contributed by atoms with Crippen LogP contribution in [0.5, 0.6) is 0 Å². The van der Waals surface area contributed by atoms with Crippen molar-refractivity contribution in [1.29, 1.82) is 0 Å². The normalized spacial score (nSPS) is 27.0. The van der Waals surface area contributed by atoms with E-state index in [1.807, 2.05) is 31.2 Å².